The fraction of sp³-hybridized carbons (Fsp3) is 0.480. The van der Waals surface area contributed by atoms with Crippen molar-refractivity contribution in [3.8, 4) is 5.75 Å². The number of amides is 1. The summed E-state index contributed by atoms with van der Waals surface area (Å²) < 4.78 is 33.3. The van der Waals surface area contributed by atoms with E-state index in [1.165, 1.54) is 9.87 Å². The molecule has 1 heterocycles. The molecule has 0 spiro atoms. The Morgan fingerprint density at radius 1 is 1.09 bits per heavy atom. The van der Waals surface area contributed by atoms with Crippen LogP contribution in [0.2, 0.25) is 0 Å². The van der Waals surface area contributed by atoms with Crippen molar-refractivity contribution >= 4 is 15.9 Å². The molecule has 7 heteroatoms. The summed E-state index contributed by atoms with van der Waals surface area (Å²) >= 11 is 0. The molecule has 1 aliphatic heterocycles. The Kier molecular flexibility index (Phi) is 6.58. The summed E-state index contributed by atoms with van der Waals surface area (Å²) in [6.45, 7) is 3.23. The van der Waals surface area contributed by atoms with Gasteiger partial charge in [0.15, 0.2) is 0 Å². The van der Waals surface area contributed by atoms with Crippen LogP contribution in [-0.2, 0) is 34.2 Å². The molecule has 32 heavy (non-hydrogen) atoms. The minimum atomic E-state index is -3.52. The molecule has 172 valence electrons. The Labute approximate surface area is 191 Å². The van der Waals surface area contributed by atoms with Gasteiger partial charge in [0.2, 0.25) is 15.9 Å². The van der Waals surface area contributed by atoms with Crippen molar-refractivity contribution in [2.24, 2.45) is 5.92 Å². The monoisotopic (exact) mass is 456 g/mol. The van der Waals surface area contributed by atoms with E-state index in [0.717, 1.165) is 41.7 Å². The normalized spacial score (nSPS) is 17.2. The topological polar surface area (TPSA) is 66.9 Å². The molecule has 2 aromatic carbocycles. The molecule has 1 saturated heterocycles. The molecule has 0 N–H and O–H groups in total. The molecule has 2 aromatic rings. The van der Waals surface area contributed by atoms with Gasteiger partial charge in [-0.1, -0.05) is 23.8 Å². The maximum Gasteiger partial charge on any atom is 0.243 e. The van der Waals surface area contributed by atoms with Gasteiger partial charge in [-0.2, -0.15) is 4.31 Å². The number of piperidine rings is 1. The lowest BCUT2D eigenvalue weighted by atomic mass is 9.96. The van der Waals surface area contributed by atoms with E-state index < -0.39 is 10.0 Å². The Morgan fingerprint density at radius 2 is 1.81 bits per heavy atom. The smallest absolute Gasteiger partial charge is 0.243 e. The standard InChI is InChI=1S/C25H32N2O4S/c1-18-7-10-24(31-3)22(15-18)17-26(2)25(28)20-11-13-27(14-12-20)32(29,30)23-9-8-19-5-4-6-21(19)16-23/h7-10,15-16,20H,4-6,11-14,17H2,1-3H3. The summed E-state index contributed by atoms with van der Waals surface area (Å²) in [6, 6.07) is 11.5. The highest BCUT2D eigenvalue weighted by Crippen LogP contribution is 2.29. The van der Waals surface area contributed by atoms with Crippen LogP contribution in [0.4, 0.5) is 0 Å². The number of rotatable bonds is 6. The van der Waals surface area contributed by atoms with Gasteiger partial charge in [-0.25, -0.2) is 8.42 Å². The second-order valence-corrected chi connectivity index (χ2v) is 10.9. The number of fused-ring (bicyclic) bond motifs is 1. The second-order valence-electron chi connectivity index (χ2n) is 8.97. The van der Waals surface area contributed by atoms with E-state index in [0.29, 0.717) is 37.4 Å². The molecule has 0 saturated carbocycles. The molecule has 1 fully saturated rings. The van der Waals surface area contributed by atoms with Gasteiger partial charge in [0.05, 0.1) is 12.0 Å². The Morgan fingerprint density at radius 3 is 2.53 bits per heavy atom. The van der Waals surface area contributed by atoms with Crippen molar-refractivity contribution in [2.75, 3.05) is 27.2 Å². The van der Waals surface area contributed by atoms with Gasteiger partial charge in [0.25, 0.3) is 0 Å². The van der Waals surface area contributed by atoms with E-state index in [-0.39, 0.29) is 11.8 Å². The van der Waals surface area contributed by atoms with Crippen LogP contribution in [0, 0.1) is 12.8 Å². The maximum absolute atomic E-state index is 13.2. The predicted octanol–water partition coefficient (Wildman–Crippen LogP) is 3.55. The number of carbonyl (C=O) groups is 1. The number of sulfonamides is 1. The molecule has 0 atom stereocenters. The third kappa shape index (κ3) is 4.55. The fourth-order valence-electron chi connectivity index (χ4n) is 4.88. The average Bonchev–Trinajstić information content (AvgIpc) is 3.27. The lowest BCUT2D eigenvalue weighted by Crippen LogP contribution is -2.43. The van der Waals surface area contributed by atoms with E-state index in [2.05, 4.69) is 0 Å². The SMILES string of the molecule is COc1ccc(C)cc1CN(C)C(=O)C1CCN(S(=O)(=O)c2ccc3c(c2)CCC3)CC1. The number of methoxy groups -OCH3 is 1. The summed E-state index contributed by atoms with van der Waals surface area (Å²) in [5, 5.41) is 0. The summed E-state index contributed by atoms with van der Waals surface area (Å²) in [5.74, 6) is 0.663. The van der Waals surface area contributed by atoms with E-state index in [1.54, 1.807) is 25.1 Å². The Hall–Kier alpha value is -2.38. The maximum atomic E-state index is 13.2. The van der Waals surface area contributed by atoms with Crippen LogP contribution in [0.5, 0.6) is 5.75 Å². The van der Waals surface area contributed by atoms with Crippen molar-refractivity contribution in [3.05, 3.63) is 58.7 Å². The summed E-state index contributed by atoms with van der Waals surface area (Å²) in [6.07, 6.45) is 4.16. The largest absolute Gasteiger partial charge is 0.496 e. The van der Waals surface area contributed by atoms with Crippen LogP contribution in [0.1, 0.15) is 41.5 Å². The number of benzene rings is 2. The third-order valence-electron chi connectivity index (χ3n) is 6.73. The van der Waals surface area contributed by atoms with Gasteiger partial charge >= 0.3 is 0 Å². The number of carbonyl (C=O) groups excluding carboxylic acids is 1. The average molecular weight is 457 g/mol. The van der Waals surface area contributed by atoms with E-state index in [4.69, 9.17) is 4.74 Å². The molecule has 0 aromatic heterocycles. The molecule has 6 nitrogen and oxygen atoms in total. The van der Waals surface area contributed by atoms with Crippen molar-refractivity contribution in [1.29, 1.82) is 0 Å². The van der Waals surface area contributed by atoms with Crippen LogP contribution in [0.15, 0.2) is 41.3 Å². The van der Waals surface area contributed by atoms with Gasteiger partial charge in [-0.05, 0) is 68.4 Å². The quantitative estimate of drug-likeness (QED) is 0.667. The summed E-state index contributed by atoms with van der Waals surface area (Å²) in [7, 11) is -0.0880. The first-order valence-corrected chi connectivity index (χ1v) is 12.7. The first-order chi connectivity index (χ1) is 15.3. The molecule has 1 aliphatic carbocycles. The third-order valence-corrected chi connectivity index (χ3v) is 8.63. The van der Waals surface area contributed by atoms with Crippen molar-refractivity contribution in [3.63, 3.8) is 0 Å². The molecule has 0 bridgehead atoms. The number of hydrogen-bond acceptors (Lipinski definition) is 4. The highest BCUT2D eigenvalue weighted by Gasteiger charge is 2.33. The van der Waals surface area contributed by atoms with Crippen LogP contribution < -0.4 is 4.74 Å². The lowest BCUT2D eigenvalue weighted by Gasteiger charge is -2.32. The Balaban J connectivity index is 1.39. The van der Waals surface area contributed by atoms with E-state index >= 15 is 0 Å². The minimum Gasteiger partial charge on any atom is -0.496 e. The Bertz CT molecular complexity index is 1100. The lowest BCUT2D eigenvalue weighted by molar-refractivity contribution is -0.135. The van der Waals surface area contributed by atoms with Crippen LogP contribution in [-0.4, -0.2) is 50.8 Å². The van der Waals surface area contributed by atoms with Crippen molar-refractivity contribution < 1.29 is 17.9 Å². The molecule has 1 amide bonds. The zero-order valence-corrected chi connectivity index (χ0v) is 20.0. The molecular weight excluding hydrogens is 424 g/mol. The predicted molar refractivity (Wildman–Crippen MR) is 124 cm³/mol. The van der Waals surface area contributed by atoms with Crippen LogP contribution in [0.25, 0.3) is 0 Å². The molecule has 2 aliphatic rings. The van der Waals surface area contributed by atoms with Crippen LogP contribution in [0.3, 0.4) is 0 Å². The molecule has 0 unspecified atom stereocenters. The summed E-state index contributed by atoms with van der Waals surface area (Å²) in [5.41, 5.74) is 4.51. The van der Waals surface area contributed by atoms with E-state index in [9.17, 15) is 13.2 Å². The van der Waals surface area contributed by atoms with E-state index in [1.807, 2.05) is 37.3 Å². The number of hydrogen-bond donors (Lipinski definition) is 0. The highest BCUT2D eigenvalue weighted by molar-refractivity contribution is 7.89. The zero-order valence-electron chi connectivity index (χ0n) is 19.1. The fourth-order valence-corrected chi connectivity index (χ4v) is 6.40. The molecule has 0 radical (unpaired) electrons. The van der Waals surface area contributed by atoms with Gasteiger partial charge in [0, 0.05) is 38.2 Å². The first kappa shape index (κ1) is 22.8. The van der Waals surface area contributed by atoms with Crippen molar-refractivity contribution in [1.82, 2.24) is 9.21 Å². The van der Waals surface area contributed by atoms with Gasteiger partial charge < -0.3 is 9.64 Å². The number of nitrogens with zero attached hydrogens (tertiary/aromatic N) is 2. The second kappa shape index (κ2) is 9.24. The first-order valence-electron chi connectivity index (χ1n) is 11.3. The molecular formula is C25H32N2O4S. The number of ether oxygens (including phenoxy) is 1. The zero-order chi connectivity index (χ0) is 22.9. The minimum absolute atomic E-state index is 0.0585. The van der Waals surface area contributed by atoms with Crippen LogP contribution >= 0.6 is 0 Å². The number of aryl methyl sites for hydroxylation is 3. The van der Waals surface area contributed by atoms with Gasteiger partial charge in [0.1, 0.15) is 5.75 Å². The summed E-state index contributed by atoms with van der Waals surface area (Å²) in [4.78, 5) is 15.2. The molecule has 4 rings (SSSR count). The highest BCUT2D eigenvalue weighted by atomic mass is 32.2. The van der Waals surface area contributed by atoms with Gasteiger partial charge in [-0.15, -0.1) is 0 Å². The van der Waals surface area contributed by atoms with Gasteiger partial charge in [-0.3, -0.25) is 4.79 Å². The van der Waals surface area contributed by atoms with Crippen molar-refractivity contribution in [2.45, 2.75) is 50.5 Å².